The van der Waals surface area contributed by atoms with Gasteiger partial charge >= 0.3 is 5.97 Å². The van der Waals surface area contributed by atoms with Crippen molar-refractivity contribution >= 4 is 23.3 Å². The fourth-order valence-electron chi connectivity index (χ4n) is 1.000. The van der Waals surface area contributed by atoms with Crippen molar-refractivity contribution in [1.82, 2.24) is 0 Å². The molecule has 0 aromatic heterocycles. The van der Waals surface area contributed by atoms with Crippen LogP contribution in [0.15, 0.2) is 28.8 Å². The predicted octanol–water partition coefficient (Wildman–Crippen LogP) is 1.68. The van der Waals surface area contributed by atoms with E-state index in [9.17, 15) is 4.79 Å². The van der Waals surface area contributed by atoms with Gasteiger partial charge in [-0.2, -0.15) is 0 Å². The highest BCUT2D eigenvalue weighted by atomic mass is 35.5. The molecule has 70 valence electrons. The highest BCUT2D eigenvalue weighted by Crippen LogP contribution is 2.09. The summed E-state index contributed by atoms with van der Waals surface area (Å²) < 4.78 is 4.56. The van der Waals surface area contributed by atoms with Crippen LogP contribution < -0.4 is 0 Å². The standard InChI is InChI=1S/C9H10ClNO2/c1-13-9(12)7-2-4-8(5-3-7)11-6-10/h2-4H,5-6H2,1H3. The van der Waals surface area contributed by atoms with Gasteiger partial charge in [0.05, 0.1) is 12.7 Å². The summed E-state index contributed by atoms with van der Waals surface area (Å²) in [5, 5.41) is 0. The van der Waals surface area contributed by atoms with Gasteiger partial charge in [-0.05, 0) is 12.2 Å². The van der Waals surface area contributed by atoms with E-state index in [1.165, 1.54) is 7.11 Å². The van der Waals surface area contributed by atoms with E-state index in [0.717, 1.165) is 5.71 Å². The Morgan fingerprint density at radius 1 is 1.69 bits per heavy atom. The molecule has 0 atom stereocenters. The molecule has 0 heterocycles. The van der Waals surface area contributed by atoms with Gasteiger partial charge in [0, 0.05) is 12.1 Å². The van der Waals surface area contributed by atoms with Crippen molar-refractivity contribution < 1.29 is 9.53 Å². The summed E-state index contributed by atoms with van der Waals surface area (Å²) in [7, 11) is 1.36. The summed E-state index contributed by atoms with van der Waals surface area (Å²) in [5.74, 6) is -0.318. The van der Waals surface area contributed by atoms with Gasteiger partial charge in [-0.3, -0.25) is 4.99 Å². The SMILES string of the molecule is COC(=O)C1=CCC(=NCCl)C=C1. The van der Waals surface area contributed by atoms with Gasteiger partial charge < -0.3 is 4.74 Å². The Labute approximate surface area is 81.7 Å². The maximum Gasteiger partial charge on any atom is 0.337 e. The number of rotatable bonds is 2. The summed E-state index contributed by atoms with van der Waals surface area (Å²) >= 11 is 5.43. The fourth-order valence-corrected chi connectivity index (χ4v) is 1.15. The zero-order valence-electron chi connectivity index (χ0n) is 7.29. The molecule has 0 aliphatic heterocycles. The molecule has 0 saturated heterocycles. The van der Waals surface area contributed by atoms with E-state index in [1.54, 1.807) is 18.2 Å². The number of carbonyl (C=O) groups is 1. The minimum absolute atomic E-state index is 0.251. The normalized spacial score (nSPS) is 18.6. The quantitative estimate of drug-likeness (QED) is 0.386. The Morgan fingerprint density at radius 2 is 2.46 bits per heavy atom. The molecule has 1 aliphatic rings. The molecule has 1 rings (SSSR count). The summed E-state index contributed by atoms with van der Waals surface area (Å²) in [6, 6.07) is 0.251. The topological polar surface area (TPSA) is 38.7 Å². The van der Waals surface area contributed by atoms with Crippen LogP contribution in [0.2, 0.25) is 0 Å². The lowest BCUT2D eigenvalue weighted by Gasteiger charge is -2.05. The monoisotopic (exact) mass is 199 g/mol. The Kier molecular flexibility index (Phi) is 3.71. The molecule has 0 saturated carbocycles. The van der Waals surface area contributed by atoms with Crippen molar-refractivity contribution in [1.29, 1.82) is 0 Å². The summed E-state index contributed by atoms with van der Waals surface area (Å²) in [4.78, 5) is 15.0. The molecule has 0 spiro atoms. The van der Waals surface area contributed by atoms with Crippen LogP contribution in [-0.2, 0) is 9.53 Å². The van der Waals surface area contributed by atoms with Crippen LogP contribution in [0.3, 0.4) is 0 Å². The molecule has 1 aliphatic carbocycles. The molecule has 0 fully saturated rings. The Bertz CT molecular complexity index is 292. The second kappa shape index (κ2) is 4.82. The average Bonchev–Trinajstić information content (AvgIpc) is 2.18. The molecule has 0 aromatic carbocycles. The Morgan fingerprint density at radius 3 is 2.92 bits per heavy atom. The van der Waals surface area contributed by atoms with Crippen LogP contribution in [0.5, 0.6) is 0 Å². The van der Waals surface area contributed by atoms with E-state index in [-0.39, 0.29) is 12.0 Å². The Balaban J connectivity index is 2.65. The molecule has 0 unspecified atom stereocenters. The molecule has 13 heavy (non-hydrogen) atoms. The first-order chi connectivity index (χ1) is 6.27. The molecule has 4 heteroatoms. The molecule has 0 N–H and O–H groups in total. The average molecular weight is 200 g/mol. The predicted molar refractivity (Wildman–Crippen MR) is 52.0 cm³/mol. The number of allylic oxidation sites excluding steroid dienone is 2. The van der Waals surface area contributed by atoms with Gasteiger partial charge in [0.2, 0.25) is 0 Å². The molecule has 3 nitrogen and oxygen atoms in total. The third kappa shape index (κ3) is 2.70. The van der Waals surface area contributed by atoms with Gasteiger partial charge in [0.25, 0.3) is 0 Å². The van der Waals surface area contributed by atoms with Crippen molar-refractivity contribution in [2.75, 3.05) is 13.1 Å². The second-order valence-electron chi connectivity index (χ2n) is 2.46. The van der Waals surface area contributed by atoms with E-state index in [0.29, 0.717) is 12.0 Å². The Hall–Kier alpha value is -1.09. The largest absolute Gasteiger partial charge is 0.465 e. The van der Waals surface area contributed by atoms with Crippen LogP contribution in [0.4, 0.5) is 0 Å². The molecule has 0 aromatic rings. The lowest BCUT2D eigenvalue weighted by molar-refractivity contribution is -0.135. The smallest absolute Gasteiger partial charge is 0.337 e. The minimum atomic E-state index is -0.318. The number of halogens is 1. The molecule has 0 bridgehead atoms. The number of methoxy groups -OCH3 is 1. The number of ether oxygens (including phenoxy) is 1. The van der Waals surface area contributed by atoms with Crippen LogP contribution in [-0.4, -0.2) is 24.8 Å². The third-order valence-corrected chi connectivity index (χ3v) is 1.79. The van der Waals surface area contributed by atoms with Crippen LogP contribution in [0, 0.1) is 0 Å². The highest BCUT2D eigenvalue weighted by Gasteiger charge is 2.09. The van der Waals surface area contributed by atoms with E-state index in [2.05, 4.69) is 9.73 Å². The number of esters is 1. The van der Waals surface area contributed by atoms with Crippen molar-refractivity contribution in [2.45, 2.75) is 6.42 Å². The molecule has 0 amide bonds. The summed E-state index contributed by atoms with van der Waals surface area (Å²) in [6.07, 6.45) is 5.86. The van der Waals surface area contributed by atoms with Gasteiger partial charge in [0.15, 0.2) is 0 Å². The van der Waals surface area contributed by atoms with E-state index in [1.807, 2.05) is 0 Å². The first-order valence-electron chi connectivity index (χ1n) is 3.83. The summed E-state index contributed by atoms with van der Waals surface area (Å²) in [5.41, 5.74) is 1.44. The first kappa shape index (κ1) is 9.99. The van der Waals surface area contributed by atoms with Crippen LogP contribution in [0.1, 0.15) is 6.42 Å². The maximum absolute atomic E-state index is 11.0. The molecular weight excluding hydrogens is 190 g/mol. The number of aliphatic imine (C=N–C) groups is 1. The second-order valence-corrected chi connectivity index (χ2v) is 2.70. The lowest BCUT2D eigenvalue weighted by Crippen LogP contribution is -2.07. The lowest BCUT2D eigenvalue weighted by atomic mass is 10.1. The van der Waals surface area contributed by atoms with Crippen molar-refractivity contribution in [3.8, 4) is 0 Å². The van der Waals surface area contributed by atoms with Crippen molar-refractivity contribution in [3.05, 3.63) is 23.8 Å². The third-order valence-electron chi connectivity index (χ3n) is 1.67. The zero-order valence-corrected chi connectivity index (χ0v) is 8.04. The van der Waals surface area contributed by atoms with Gasteiger partial charge in [0.1, 0.15) is 6.00 Å². The highest BCUT2D eigenvalue weighted by molar-refractivity contribution is 6.18. The van der Waals surface area contributed by atoms with Gasteiger partial charge in [-0.25, -0.2) is 4.79 Å². The van der Waals surface area contributed by atoms with Crippen LogP contribution in [0.25, 0.3) is 0 Å². The molecule has 0 radical (unpaired) electrons. The summed E-state index contributed by atoms with van der Waals surface area (Å²) in [6.45, 7) is 0. The van der Waals surface area contributed by atoms with Gasteiger partial charge in [-0.15, -0.1) is 11.6 Å². The maximum atomic E-state index is 11.0. The van der Waals surface area contributed by atoms with Gasteiger partial charge in [-0.1, -0.05) is 6.08 Å². The molecular formula is C9H10ClNO2. The number of carbonyl (C=O) groups excluding carboxylic acids is 1. The van der Waals surface area contributed by atoms with E-state index < -0.39 is 0 Å². The number of hydrogen-bond acceptors (Lipinski definition) is 3. The van der Waals surface area contributed by atoms with Crippen molar-refractivity contribution in [3.63, 3.8) is 0 Å². The van der Waals surface area contributed by atoms with E-state index >= 15 is 0 Å². The van der Waals surface area contributed by atoms with Crippen LogP contribution >= 0.6 is 11.6 Å². The first-order valence-corrected chi connectivity index (χ1v) is 4.37. The van der Waals surface area contributed by atoms with Crippen molar-refractivity contribution in [2.24, 2.45) is 4.99 Å². The number of nitrogens with zero attached hydrogens (tertiary/aromatic N) is 1. The number of hydrogen-bond donors (Lipinski definition) is 0. The van der Waals surface area contributed by atoms with E-state index in [4.69, 9.17) is 11.6 Å². The fraction of sp³-hybridized carbons (Fsp3) is 0.333. The zero-order chi connectivity index (χ0) is 9.68. The number of alkyl halides is 1. The minimum Gasteiger partial charge on any atom is -0.465 e.